The highest BCUT2D eigenvalue weighted by Gasteiger charge is 2.38. The van der Waals surface area contributed by atoms with Gasteiger partial charge in [0.1, 0.15) is 0 Å². The van der Waals surface area contributed by atoms with Gasteiger partial charge in [0.25, 0.3) is 0 Å². The van der Waals surface area contributed by atoms with Crippen molar-refractivity contribution in [2.45, 2.75) is 32.4 Å². The van der Waals surface area contributed by atoms with Crippen molar-refractivity contribution in [3.05, 3.63) is 0 Å². The monoisotopic (exact) mass is 257 g/mol. The highest BCUT2D eigenvalue weighted by atomic mass is 16.4. The molecule has 1 aliphatic rings. The van der Waals surface area contributed by atoms with Crippen molar-refractivity contribution in [1.82, 2.24) is 15.1 Å². The zero-order chi connectivity index (χ0) is 13.9. The summed E-state index contributed by atoms with van der Waals surface area (Å²) in [6.07, 6.45) is 0.535. The van der Waals surface area contributed by atoms with Crippen LogP contribution < -0.4 is 5.32 Å². The van der Waals surface area contributed by atoms with Gasteiger partial charge < -0.3 is 20.2 Å². The molecule has 18 heavy (non-hydrogen) atoms. The first-order valence-corrected chi connectivity index (χ1v) is 6.28. The molecule has 1 heterocycles. The number of aliphatic carboxylic acids is 1. The van der Waals surface area contributed by atoms with Crippen LogP contribution in [0.25, 0.3) is 0 Å². The van der Waals surface area contributed by atoms with E-state index in [9.17, 15) is 9.59 Å². The van der Waals surface area contributed by atoms with Crippen LogP contribution in [0.3, 0.4) is 0 Å². The van der Waals surface area contributed by atoms with Crippen molar-refractivity contribution in [1.29, 1.82) is 0 Å². The van der Waals surface area contributed by atoms with Crippen LogP contribution in [0.1, 0.15) is 20.3 Å². The predicted octanol–water partition coefficient (Wildman–Crippen LogP) is 0.441. The van der Waals surface area contributed by atoms with Crippen molar-refractivity contribution in [3.8, 4) is 0 Å². The zero-order valence-corrected chi connectivity index (χ0v) is 11.5. The number of amides is 2. The fourth-order valence-electron chi connectivity index (χ4n) is 2.08. The number of urea groups is 1. The van der Waals surface area contributed by atoms with Crippen LogP contribution >= 0.6 is 0 Å². The van der Waals surface area contributed by atoms with Crippen molar-refractivity contribution in [3.63, 3.8) is 0 Å². The van der Waals surface area contributed by atoms with Gasteiger partial charge in [-0.3, -0.25) is 4.79 Å². The number of hydrogen-bond acceptors (Lipinski definition) is 3. The van der Waals surface area contributed by atoms with Gasteiger partial charge in [-0.15, -0.1) is 0 Å². The number of carbonyl (C=O) groups excluding carboxylic acids is 1. The quantitative estimate of drug-likeness (QED) is 0.766. The van der Waals surface area contributed by atoms with Crippen LogP contribution in [0.15, 0.2) is 0 Å². The normalized spacial score (nSPS) is 25.3. The Morgan fingerprint density at radius 1 is 1.50 bits per heavy atom. The molecular weight excluding hydrogens is 234 g/mol. The second kappa shape index (κ2) is 6.04. The standard InChI is InChI=1S/C12H23N3O3/c1-8(14(3)4)7-13-12(18)15-6-5-10(9(15)2)11(16)17/h8-10H,5-7H2,1-4H3,(H,13,18)(H,16,17). The SMILES string of the molecule is CC(CNC(=O)N1CCC(C(=O)O)C1C)N(C)C. The number of carboxylic acid groups (broad SMARTS) is 1. The van der Waals surface area contributed by atoms with E-state index in [0.717, 1.165) is 0 Å². The molecule has 1 rings (SSSR count). The maximum absolute atomic E-state index is 12.0. The summed E-state index contributed by atoms with van der Waals surface area (Å²) in [5, 5.41) is 11.9. The van der Waals surface area contributed by atoms with Crippen molar-refractivity contribution >= 4 is 12.0 Å². The third kappa shape index (κ3) is 3.35. The molecule has 0 spiro atoms. The molecule has 6 heteroatoms. The number of likely N-dealkylation sites (N-methyl/N-ethyl adjacent to an activating group) is 1. The van der Waals surface area contributed by atoms with Gasteiger partial charge in [-0.2, -0.15) is 0 Å². The lowest BCUT2D eigenvalue weighted by Gasteiger charge is -2.26. The number of carboxylic acids is 1. The minimum absolute atomic E-state index is 0.167. The van der Waals surface area contributed by atoms with Crippen LogP contribution in [0.4, 0.5) is 4.79 Å². The number of rotatable bonds is 4. The molecule has 0 radical (unpaired) electrons. The van der Waals surface area contributed by atoms with Crippen molar-refractivity contribution in [2.24, 2.45) is 5.92 Å². The average molecular weight is 257 g/mol. The maximum atomic E-state index is 12.0. The topological polar surface area (TPSA) is 72.9 Å². The zero-order valence-electron chi connectivity index (χ0n) is 11.5. The molecule has 104 valence electrons. The Hall–Kier alpha value is -1.30. The van der Waals surface area contributed by atoms with E-state index in [0.29, 0.717) is 19.5 Å². The second-order valence-corrected chi connectivity index (χ2v) is 5.17. The summed E-state index contributed by atoms with van der Waals surface area (Å²) >= 11 is 0. The van der Waals surface area contributed by atoms with Gasteiger partial charge in [-0.25, -0.2) is 4.79 Å². The molecule has 0 saturated carbocycles. The van der Waals surface area contributed by atoms with Crippen LogP contribution in [0.2, 0.25) is 0 Å². The van der Waals surface area contributed by atoms with Crippen molar-refractivity contribution in [2.75, 3.05) is 27.2 Å². The Morgan fingerprint density at radius 2 is 2.11 bits per heavy atom. The summed E-state index contributed by atoms with van der Waals surface area (Å²) in [5.41, 5.74) is 0. The van der Waals surface area contributed by atoms with E-state index in [2.05, 4.69) is 5.32 Å². The van der Waals surface area contributed by atoms with E-state index >= 15 is 0 Å². The minimum atomic E-state index is -0.820. The molecule has 3 atom stereocenters. The second-order valence-electron chi connectivity index (χ2n) is 5.17. The molecule has 6 nitrogen and oxygen atoms in total. The summed E-state index contributed by atoms with van der Waals surface area (Å²) in [5.74, 6) is -1.26. The Labute approximate surface area is 108 Å². The fraction of sp³-hybridized carbons (Fsp3) is 0.833. The summed E-state index contributed by atoms with van der Waals surface area (Å²) in [7, 11) is 3.91. The van der Waals surface area contributed by atoms with E-state index in [1.165, 1.54) is 0 Å². The summed E-state index contributed by atoms with van der Waals surface area (Å²) in [6, 6.07) is -0.153. The highest BCUT2D eigenvalue weighted by molar-refractivity contribution is 5.78. The molecule has 0 aromatic rings. The molecule has 3 unspecified atom stereocenters. The van der Waals surface area contributed by atoms with Gasteiger partial charge in [-0.1, -0.05) is 0 Å². The molecule has 1 saturated heterocycles. The van der Waals surface area contributed by atoms with Crippen LogP contribution in [-0.2, 0) is 4.79 Å². The van der Waals surface area contributed by atoms with E-state index in [-0.39, 0.29) is 18.1 Å². The molecule has 0 aromatic heterocycles. The van der Waals surface area contributed by atoms with Gasteiger partial charge in [0.2, 0.25) is 0 Å². The Morgan fingerprint density at radius 3 is 2.56 bits per heavy atom. The van der Waals surface area contributed by atoms with Gasteiger partial charge >= 0.3 is 12.0 Å². The fourth-order valence-corrected chi connectivity index (χ4v) is 2.08. The lowest BCUT2D eigenvalue weighted by atomic mass is 10.0. The molecular formula is C12H23N3O3. The lowest BCUT2D eigenvalue weighted by Crippen LogP contribution is -2.47. The summed E-state index contributed by atoms with van der Waals surface area (Å²) in [4.78, 5) is 26.6. The molecule has 2 N–H and O–H groups in total. The van der Waals surface area contributed by atoms with Gasteiger partial charge in [-0.05, 0) is 34.4 Å². The number of hydrogen-bond donors (Lipinski definition) is 2. The molecule has 0 aromatic carbocycles. The summed E-state index contributed by atoms with van der Waals surface area (Å²) < 4.78 is 0. The Kier molecular flexibility index (Phi) is 4.95. The average Bonchev–Trinajstić information content (AvgIpc) is 2.67. The van der Waals surface area contributed by atoms with E-state index in [4.69, 9.17) is 5.11 Å². The van der Waals surface area contributed by atoms with Crippen molar-refractivity contribution < 1.29 is 14.7 Å². The number of likely N-dealkylation sites (tertiary alicyclic amines) is 1. The van der Waals surface area contributed by atoms with Crippen LogP contribution in [-0.4, -0.2) is 66.2 Å². The third-order valence-electron chi connectivity index (χ3n) is 3.76. The Balaban J connectivity index is 2.46. The van der Waals surface area contributed by atoms with Gasteiger partial charge in [0, 0.05) is 25.2 Å². The first-order chi connectivity index (χ1) is 8.34. The van der Waals surface area contributed by atoms with E-state index in [1.807, 2.05) is 25.9 Å². The van der Waals surface area contributed by atoms with Crippen LogP contribution in [0.5, 0.6) is 0 Å². The Bertz CT molecular complexity index is 320. The third-order valence-corrected chi connectivity index (χ3v) is 3.76. The highest BCUT2D eigenvalue weighted by Crippen LogP contribution is 2.24. The van der Waals surface area contributed by atoms with E-state index < -0.39 is 11.9 Å². The first-order valence-electron chi connectivity index (χ1n) is 6.28. The largest absolute Gasteiger partial charge is 0.481 e. The molecule has 1 aliphatic heterocycles. The first kappa shape index (κ1) is 14.8. The summed E-state index contributed by atoms with van der Waals surface area (Å²) in [6.45, 7) is 4.89. The molecule has 2 amide bonds. The van der Waals surface area contributed by atoms with Gasteiger partial charge in [0.15, 0.2) is 0 Å². The minimum Gasteiger partial charge on any atom is -0.481 e. The molecule has 0 bridgehead atoms. The number of carbonyl (C=O) groups is 2. The molecule has 0 aliphatic carbocycles. The smallest absolute Gasteiger partial charge is 0.317 e. The predicted molar refractivity (Wildman–Crippen MR) is 68.5 cm³/mol. The van der Waals surface area contributed by atoms with Gasteiger partial charge in [0.05, 0.1) is 5.92 Å². The molecule has 1 fully saturated rings. The number of nitrogens with one attached hydrogen (secondary N) is 1. The lowest BCUT2D eigenvalue weighted by molar-refractivity contribution is -0.142. The van der Waals surface area contributed by atoms with Crippen LogP contribution in [0, 0.1) is 5.92 Å². The van der Waals surface area contributed by atoms with E-state index in [1.54, 1.807) is 11.8 Å². The number of nitrogens with zero attached hydrogens (tertiary/aromatic N) is 2. The maximum Gasteiger partial charge on any atom is 0.317 e.